The molecule has 0 aliphatic carbocycles. The summed E-state index contributed by atoms with van der Waals surface area (Å²) in [4.78, 5) is 29.2. The fourth-order valence-corrected chi connectivity index (χ4v) is 5.26. The zero-order valence-corrected chi connectivity index (χ0v) is 22.9. The van der Waals surface area contributed by atoms with Crippen molar-refractivity contribution >= 4 is 62.7 Å². The van der Waals surface area contributed by atoms with Crippen molar-refractivity contribution in [2.24, 2.45) is 0 Å². The molecule has 7 nitrogen and oxygen atoms in total. The van der Waals surface area contributed by atoms with Crippen LogP contribution in [0.25, 0.3) is 22.4 Å². The molecule has 2 heterocycles. The van der Waals surface area contributed by atoms with Gasteiger partial charge in [0.05, 0.1) is 40.0 Å². The summed E-state index contributed by atoms with van der Waals surface area (Å²) in [6.07, 6.45) is -0.190. The first-order valence-electron chi connectivity index (χ1n) is 10.9. The van der Waals surface area contributed by atoms with Crippen LogP contribution in [-0.4, -0.2) is 46.7 Å². The van der Waals surface area contributed by atoms with E-state index in [9.17, 15) is 14.7 Å². The quantitative estimate of drug-likeness (QED) is 0.302. The number of methoxy groups -OCH3 is 1. The van der Waals surface area contributed by atoms with Crippen molar-refractivity contribution in [3.63, 3.8) is 0 Å². The molecule has 1 unspecified atom stereocenters. The normalized spacial score (nSPS) is 15.0. The van der Waals surface area contributed by atoms with Gasteiger partial charge < -0.3 is 20.1 Å². The van der Waals surface area contributed by atoms with E-state index < -0.39 is 6.09 Å². The van der Waals surface area contributed by atoms with Gasteiger partial charge in [0.25, 0.3) is 0 Å². The van der Waals surface area contributed by atoms with Crippen LogP contribution in [-0.2, 0) is 11.3 Å². The minimum atomic E-state index is -1.14. The molecule has 1 atom stereocenters. The molecule has 36 heavy (non-hydrogen) atoms. The number of hydrogen-bond acceptors (Lipinski definition) is 4. The van der Waals surface area contributed by atoms with Crippen LogP contribution in [0.1, 0.15) is 18.4 Å². The van der Waals surface area contributed by atoms with Crippen LogP contribution in [0.2, 0.25) is 15.1 Å². The number of nitrogens with one attached hydrogen (secondary N) is 1. The summed E-state index contributed by atoms with van der Waals surface area (Å²) < 4.78 is 6.24. The van der Waals surface area contributed by atoms with Crippen LogP contribution in [0.4, 0.5) is 4.79 Å². The molecule has 1 fully saturated rings. The lowest BCUT2D eigenvalue weighted by Crippen LogP contribution is -2.41. The van der Waals surface area contributed by atoms with E-state index in [1.807, 2.05) is 36.4 Å². The third-order valence-corrected chi connectivity index (χ3v) is 7.93. The molecule has 2 N–H and O–H groups in total. The van der Waals surface area contributed by atoms with Crippen molar-refractivity contribution in [3.05, 3.63) is 67.6 Å². The number of carbonyl (C=O) groups excluding carboxylic acids is 1. The highest BCUT2D eigenvalue weighted by Gasteiger charge is 2.27. The first kappa shape index (κ1) is 26.5. The average molecular weight is 614 g/mol. The first-order valence-corrected chi connectivity index (χ1v) is 12.9. The highest BCUT2D eigenvalue weighted by atomic mass is 79.9. The summed E-state index contributed by atoms with van der Waals surface area (Å²) >= 11 is 23.4. The van der Waals surface area contributed by atoms with E-state index in [0.717, 1.165) is 15.6 Å². The summed E-state index contributed by atoms with van der Waals surface area (Å²) in [5.74, 6) is 0.0939. The Morgan fingerprint density at radius 2 is 1.83 bits per heavy atom. The third kappa shape index (κ3) is 5.57. The summed E-state index contributed by atoms with van der Waals surface area (Å²) in [5.41, 5.74) is 2.96. The fraction of sp³-hybridized carbons (Fsp3) is 0.240. The average Bonchev–Trinajstić information content (AvgIpc) is 3.26. The van der Waals surface area contributed by atoms with Gasteiger partial charge in [0, 0.05) is 40.2 Å². The second-order valence-electron chi connectivity index (χ2n) is 8.21. The second kappa shape index (κ2) is 11.3. The van der Waals surface area contributed by atoms with Crippen LogP contribution >= 0.6 is 50.7 Å². The van der Waals surface area contributed by atoms with Crippen molar-refractivity contribution in [1.29, 1.82) is 0 Å². The molecule has 4 rings (SSSR count). The van der Waals surface area contributed by atoms with Gasteiger partial charge in [-0.3, -0.25) is 4.79 Å². The van der Waals surface area contributed by atoms with Gasteiger partial charge in [0.2, 0.25) is 11.8 Å². The highest BCUT2D eigenvalue weighted by molar-refractivity contribution is 9.10. The molecule has 1 saturated heterocycles. The number of benzene rings is 2. The van der Waals surface area contributed by atoms with Gasteiger partial charge in [-0.25, -0.2) is 9.78 Å². The van der Waals surface area contributed by atoms with E-state index in [1.165, 1.54) is 12.0 Å². The van der Waals surface area contributed by atoms with Crippen LogP contribution in [0.15, 0.2) is 46.9 Å². The maximum Gasteiger partial charge on any atom is 0.407 e. The lowest BCUT2D eigenvalue weighted by Gasteiger charge is -2.24. The first-order chi connectivity index (χ1) is 17.2. The number of carbonyl (C=O) groups is 2. The van der Waals surface area contributed by atoms with E-state index in [0.29, 0.717) is 39.7 Å². The maximum atomic E-state index is 11.9. The molecular weight excluding hydrogens is 593 g/mol. The predicted molar refractivity (Wildman–Crippen MR) is 144 cm³/mol. The highest BCUT2D eigenvalue weighted by Crippen LogP contribution is 2.42. The van der Waals surface area contributed by atoms with E-state index in [-0.39, 0.29) is 35.9 Å². The molecule has 0 saturated carbocycles. The number of ether oxygens (including phenoxy) is 1. The molecular formula is C25H21BrCl3N3O4. The lowest BCUT2D eigenvalue weighted by molar-refractivity contribution is -0.119. The largest absolute Gasteiger partial charge is 0.481 e. The van der Waals surface area contributed by atoms with Gasteiger partial charge in [-0.15, -0.1) is 0 Å². The van der Waals surface area contributed by atoms with Crippen LogP contribution in [0, 0.1) is 0 Å². The zero-order valence-electron chi connectivity index (χ0n) is 19.0. The van der Waals surface area contributed by atoms with E-state index >= 15 is 0 Å². The van der Waals surface area contributed by atoms with Gasteiger partial charge in [-0.2, -0.15) is 0 Å². The Hall–Kier alpha value is -2.52. The number of aromatic nitrogens is 1. The minimum absolute atomic E-state index is 0.0571. The molecule has 11 heteroatoms. The van der Waals surface area contributed by atoms with Crippen LogP contribution in [0.3, 0.4) is 0 Å². The lowest BCUT2D eigenvalue weighted by atomic mass is 10.0. The van der Waals surface area contributed by atoms with Gasteiger partial charge in [-0.05, 0) is 34.5 Å². The number of hydrogen-bond donors (Lipinski definition) is 2. The maximum absolute atomic E-state index is 11.9. The molecule has 0 bridgehead atoms. The molecule has 1 aliphatic rings. The number of rotatable bonds is 7. The number of nitrogens with zero attached hydrogens (tertiary/aromatic N) is 2. The monoisotopic (exact) mass is 611 g/mol. The Labute approximate surface area is 231 Å². The van der Waals surface area contributed by atoms with Gasteiger partial charge in [0.1, 0.15) is 0 Å². The topological polar surface area (TPSA) is 91.8 Å². The Morgan fingerprint density at radius 1 is 1.17 bits per heavy atom. The van der Waals surface area contributed by atoms with Gasteiger partial charge in [0.15, 0.2) is 0 Å². The summed E-state index contributed by atoms with van der Waals surface area (Å²) in [6.45, 7) is 0.0714. The summed E-state index contributed by atoms with van der Waals surface area (Å²) in [6, 6.07) is 12.5. The van der Waals surface area contributed by atoms with E-state index in [1.54, 1.807) is 6.07 Å². The van der Waals surface area contributed by atoms with Crippen molar-refractivity contribution in [2.45, 2.75) is 25.4 Å². The van der Waals surface area contributed by atoms with Crippen molar-refractivity contribution in [3.8, 4) is 28.3 Å². The minimum Gasteiger partial charge on any atom is -0.481 e. The smallest absolute Gasteiger partial charge is 0.407 e. The van der Waals surface area contributed by atoms with Crippen molar-refractivity contribution in [1.82, 2.24) is 15.2 Å². The Bertz CT molecular complexity index is 1340. The molecule has 2 amide bonds. The number of halogens is 4. The number of pyridine rings is 1. The van der Waals surface area contributed by atoms with E-state index in [4.69, 9.17) is 39.5 Å². The van der Waals surface area contributed by atoms with Crippen molar-refractivity contribution in [2.75, 3.05) is 13.7 Å². The molecule has 3 aromatic rings. The second-order valence-corrected chi connectivity index (χ2v) is 10.2. The predicted octanol–water partition coefficient (Wildman–Crippen LogP) is 6.91. The van der Waals surface area contributed by atoms with E-state index in [2.05, 4.69) is 26.2 Å². The summed E-state index contributed by atoms with van der Waals surface area (Å²) in [5, 5.41) is 13.8. The third-order valence-electron chi connectivity index (χ3n) is 5.89. The Kier molecular flexibility index (Phi) is 8.30. The molecule has 188 valence electrons. The molecule has 0 radical (unpaired) electrons. The molecule has 0 spiro atoms. The zero-order chi connectivity index (χ0) is 26.0. The van der Waals surface area contributed by atoms with Crippen LogP contribution in [0.5, 0.6) is 5.88 Å². The number of carboxylic acid groups (broad SMARTS) is 1. The Morgan fingerprint density at radius 3 is 2.47 bits per heavy atom. The Balaban J connectivity index is 1.69. The van der Waals surface area contributed by atoms with Crippen LogP contribution < -0.4 is 10.1 Å². The number of amides is 2. The molecule has 1 aliphatic heterocycles. The summed E-state index contributed by atoms with van der Waals surface area (Å²) in [7, 11) is 1.44. The standard InChI is InChI=1S/C25H21BrCl3N3O4/c1-36-24-17(12-32(25(34)35)11-13-8-9-21(33)30-13)19(27)10-20(31-24)16-6-2-4-14(22(16)28)15-5-3-7-18(26)23(15)29/h2-7,10,13H,8-9,11-12H2,1H3,(H,30,33)(H,34,35). The van der Waals surface area contributed by atoms with Crippen molar-refractivity contribution < 1.29 is 19.4 Å². The van der Waals surface area contributed by atoms with Gasteiger partial charge >= 0.3 is 6.09 Å². The van der Waals surface area contributed by atoms with Gasteiger partial charge in [-0.1, -0.05) is 65.1 Å². The SMILES string of the molecule is COc1nc(-c2cccc(-c3cccc(Br)c3Cl)c2Cl)cc(Cl)c1CN(CC1CCC(=O)N1)C(=O)O. The molecule has 1 aromatic heterocycles. The molecule has 2 aromatic carbocycles. The fourth-order valence-electron chi connectivity index (χ4n) is 4.10.